The molecule has 53 heavy (non-hydrogen) atoms. The van der Waals surface area contributed by atoms with Gasteiger partial charge in [-0.3, -0.25) is 14.8 Å². The van der Waals surface area contributed by atoms with Gasteiger partial charge in [-0.15, -0.1) is 0 Å². The molecule has 3 aliphatic heterocycles. The first-order valence-corrected chi connectivity index (χ1v) is 18.2. The lowest BCUT2D eigenvalue weighted by Crippen LogP contribution is -2.75. The monoisotopic (exact) mass is 757 g/mol. The third-order valence-corrected chi connectivity index (χ3v) is 11.0. The van der Waals surface area contributed by atoms with Gasteiger partial charge in [-0.1, -0.05) is 47.5 Å². The number of benzene rings is 4. The van der Waals surface area contributed by atoms with Crippen LogP contribution >= 0.6 is 23.2 Å². The number of methoxy groups -OCH3 is 4. The van der Waals surface area contributed by atoms with Crippen molar-refractivity contribution < 1.29 is 28.3 Å². The Kier molecular flexibility index (Phi) is 10.4. The van der Waals surface area contributed by atoms with E-state index in [1.54, 1.807) is 28.4 Å². The highest BCUT2D eigenvalue weighted by molar-refractivity contribution is 6.30. The summed E-state index contributed by atoms with van der Waals surface area (Å²) in [7, 11) is 8.80. The van der Waals surface area contributed by atoms with Gasteiger partial charge in [0.1, 0.15) is 41.4 Å². The molecule has 4 aromatic carbocycles. The molecular formula is C40H43Cl2N6O5+. The van der Waals surface area contributed by atoms with Gasteiger partial charge in [-0.05, 0) is 59.7 Å². The first kappa shape index (κ1) is 36.4. The Morgan fingerprint density at radius 2 is 1.19 bits per heavy atom. The lowest BCUT2D eigenvalue weighted by atomic mass is 10.1. The third-order valence-electron chi connectivity index (χ3n) is 10.5. The molecule has 4 unspecified atom stereocenters. The van der Waals surface area contributed by atoms with Crippen LogP contribution in [0.15, 0.2) is 94.9 Å². The molecule has 0 radical (unpaired) electrons. The molecule has 4 aromatic rings. The average Bonchev–Trinajstić information content (AvgIpc) is 3.84. The summed E-state index contributed by atoms with van der Waals surface area (Å²) in [4.78, 5) is 27.5. The summed E-state index contributed by atoms with van der Waals surface area (Å²) >= 11 is 12.6. The molecule has 0 bridgehead atoms. The van der Waals surface area contributed by atoms with E-state index in [-0.39, 0.29) is 18.2 Å². The topological polar surface area (TPSA) is 88.4 Å². The first-order chi connectivity index (χ1) is 25.7. The van der Waals surface area contributed by atoms with E-state index in [0.717, 1.165) is 40.3 Å². The number of aliphatic imine (C=N–C) groups is 2. The fourth-order valence-corrected chi connectivity index (χ4v) is 7.82. The molecule has 3 aliphatic rings. The second-order valence-electron chi connectivity index (χ2n) is 13.4. The van der Waals surface area contributed by atoms with Gasteiger partial charge in [-0.2, -0.15) is 4.59 Å². The minimum absolute atomic E-state index is 0.191. The molecule has 3 heterocycles. The van der Waals surface area contributed by atoms with Crippen LogP contribution in [-0.4, -0.2) is 112 Å². The Morgan fingerprint density at radius 1 is 0.679 bits per heavy atom. The van der Waals surface area contributed by atoms with E-state index in [4.69, 9.17) is 52.1 Å². The van der Waals surface area contributed by atoms with Crippen LogP contribution in [0.4, 0.5) is 0 Å². The second kappa shape index (κ2) is 15.2. The molecule has 1 saturated heterocycles. The number of hydrogen-bond donors (Lipinski definition) is 0. The molecule has 13 heteroatoms. The van der Waals surface area contributed by atoms with Gasteiger partial charge in [-0.25, -0.2) is 5.01 Å². The number of nitrogens with zero attached hydrogens (tertiary/aromatic N) is 6. The molecule has 4 atom stereocenters. The number of carbonyl (C=O) groups is 1. The minimum Gasteiger partial charge on any atom is -0.497 e. The van der Waals surface area contributed by atoms with Crippen LogP contribution in [0, 0.1) is 0 Å². The molecule has 0 spiro atoms. The standard InChI is InChI=1S/C40H43Cl2N6O5/c1-48(47-23-35(27-8-12-29(42)13-9-27)44-40(47)33-17-15-31(51-3)21-37(33)53-5)19-18-45(25-49)24-38(48)46-22-34(26-6-10-28(41)11-7-26)43-39(46)32-16-14-30(50-2)20-36(32)52-4/h6-17,20-21,25,34-35,38H,18-19,22-24H2,1-5H3/q+1. The predicted molar refractivity (Wildman–Crippen MR) is 206 cm³/mol. The number of carbonyl (C=O) groups excluding carboxylic acids is 1. The summed E-state index contributed by atoms with van der Waals surface area (Å²) in [5, 5.41) is 3.68. The summed E-state index contributed by atoms with van der Waals surface area (Å²) in [5.74, 6) is 4.19. The summed E-state index contributed by atoms with van der Waals surface area (Å²) < 4.78 is 23.4. The summed E-state index contributed by atoms with van der Waals surface area (Å²) in [6.07, 6.45) is 0.658. The number of halogens is 2. The molecule has 276 valence electrons. The molecule has 7 rings (SSSR count). The Balaban J connectivity index is 1.37. The molecule has 0 saturated carbocycles. The zero-order valence-corrected chi connectivity index (χ0v) is 31.9. The maximum atomic E-state index is 12.5. The Labute approximate surface area is 320 Å². The normalized spacial score (nSPS) is 22.7. The van der Waals surface area contributed by atoms with Crippen LogP contribution in [0.5, 0.6) is 23.0 Å². The maximum Gasteiger partial charge on any atom is 0.210 e. The quantitative estimate of drug-likeness (QED) is 0.128. The smallest absolute Gasteiger partial charge is 0.210 e. The van der Waals surface area contributed by atoms with Crippen molar-refractivity contribution in [2.75, 3.05) is 68.2 Å². The van der Waals surface area contributed by atoms with Gasteiger partial charge in [0.2, 0.25) is 12.6 Å². The first-order valence-electron chi connectivity index (χ1n) is 17.4. The number of piperazine rings is 1. The fraction of sp³-hybridized carbons (Fsp3) is 0.325. The Bertz CT molecular complexity index is 2030. The number of amides is 1. The number of quaternary nitrogens is 1. The van der Waals surface area contributed by atoms with Crippen molar-refractivity contribution in [2.45, 2.75) is 18.2 Å². The van der Waals surface area contributed by atoms with Crippen LogP contribution in [0.1, 0.15) is 34.3 Å². The van der Waals surface area contributed by atoms with Crippen molar-refractivity contribution in [1.82, 2.24) is 14.8 Å². The second-order valence-corrected chi connectivity index (χ2v) is 14.3. The molecule has 1 fully saturated rings. The number of ether oxygens (including phenoxy) is 4. The van der Waals surface area contributed by atoms with Crippen LogP contribution < -0.4 is 18.9 Å². The van der Waals surface area contributed by atoms with Crippen LogP contribution in [0.25, 0.3) is 0 Å². The van der Waals surface area contributed by atoms with Gasteiger partial charge in [0.15, 0.2) is 5.84 Å². The largest absolute Gasteiger partial charge is 0.497 e. The molecule has 11 nitrogen and oxygen atoms in total. The minimum atomic E-state index is -0.282. The summed E-state index contributed by atoms with van der Waals surface area (Å²) in [6.45, 7) is 2.75. The summed E-state index contributed by atoms with van der Waals surface area (Å²) in [6, 6.07) is 26.9. The van der Waals surface area contributed by atoms with Crippen molar-refractivity contribution in [3.05, 3.63) is 117 Å². The molecular weight excluding hydrogens is 715 g/mol. The van der Waals surface area contributed by atoms with Crippen molar-refractivity contribution in [1.29, 1.82) is 0 Å². The third kappa shape index (κ3) is 6.96. The number of likely N-dealkylation sites (N-methyl/N-ethyl adjacent to an activating group) is 1. The van der Waals surface area contributed by atoms with E-state index in [1.807, 2.05) is 89.8 Å². The lowest BCUT2D eigenvalue weighted by Gasteiger charge is -2.54. The molecule has 0 aromatic heterocycles. The highest BCUT2D eigenvalue weighted by Crippen LogP contribution is 2.41. The number of hydrogen-bond acceptors (Lipinski definition) is 9. The molecule has 0 N–H and O–H groups in total. The van der Waals surface area contributed by atoms with E-state index >= 15 is 0 Å². The zero-order valence-electron chi connectivity index (χ0n) is 30.4. The fourth-order valence-electron chi connectivity index (χ4n) is 7.57. The highest BCUT2D eigenvalue weighted by atomic mass is 35.5. The molecule has 1 amide bonds. The van der Waals surface area contributed by atoms with Crippen molar-refractivity contribution in [2.24, 2.45) is 9.98 Å². The van der Waals surface area contributed by atoms with Gasteiger partial charge < -0.3 is 28.7 Å². The van der Waals surface area contributed by atoms with Crippen LogP contribution in [0.2, 0.25) is 10.0 Å². The van der Waals surface area contributed by atoms with Gasteiger partial charge in [0.25, 0.3) is 0 Å². The number of rotatable bonds is 11. The van der Waals surface area contributed by atoms with Crippen molar-refractivity contribution in [3.8, 4) is 23.0 Å². The van der Waals surface area contributed by atoms with E-state index in [2.05, 4.69) is 17.0 Å². The lowest BCUT2D eigenvalue weighted by molar-refractivity contribution is -1.04. The Hall–Kier alpha value is -4.97. The Morgan fingerprint density at radius 3 is 1.70 bits per heavy atom. The van der Waals surface area contributed by atoms with Crippen molar-refractivity contribution in [3.63, 3.8) is 0 Å². The molecule has 0 aliphatic carbocycles. The van der Waals surface area contributed by atoms with Gasteiger partial charge in [0, 0.05) is 22.2 Å². The van der Waals surface area contributed by atoms with Crippen LogP contribution in [-0.2, 0) is 4.79 Å². The van der Waals surface area contributed by atoms with E-state index in [0.29, 0.717) is 70.4 Å². The van der Waals surface area contributed by atoms with Gasteiger partial charge >= 0.3 is 0 Å². The van der Waals surface area contributed by atoms with Gasteiger partial charge in [0.05, 0.1) is 78.8 Å². The summed E-state index contributed by atoms with van der Waals surface area (Å²) in [5.41, 5.74) is 3.75. The van der Waals surface area contributed by atoms with Crippen LogP contribution in [0.3, 0.4) is 0 Å². The van der Waals surface area contributed by atoms with Crippen molar-refractivity contribution >= 4 is 41.3 Å². The average molecular weight is 759 g/mol. The van der Waals surface area contributed by atoms with E-state index in [9.17, 15) is 4.79 Å². The van der Waals surface area contributed by atoms with E-state index < -0.39 is 0 Å². The predicted octanol–water partition coefficient (Wildman–Crippen LogP) is 6.49. The zero-order chi connectivity index (χ0) is 37.3. The number of amidine groups is 2. The highest BCUT2D eigenvalue weighted by Gasteiger charge is 2.53. The maximum absolute atomic E-state index is 12.5. The SMILES string of the molecule is COc1ccc(C2=NC(c3ccc(Cl)cc3)CN2C2CN(C=O)CC[N+]2(C)N2CC(c3ccc(Cl)cc3)N=C2c2ccc(OC)cc2OC)c(OC)c1. The van der Waals surface area contributed by atoms with E-state index in [1.165, 1.54) is 0 Å².